The first kappa shape index (κ1) is 18.1. The second-order valence-corrected chi connectivity index (χ2v) is 6.59. The Morgan fingerprint density at radius 3 is 2.62 bits per heavy atom. The number of nitro benzene ring substituents is 1. The minimum absolute atomic E-state index is 0.199. The zero-order valence-electron chi connectivity index (χ0n) is 13.8. The number of nitro groups is 1. The number of nitrogens with one attached hydrogen (secondary N) is 1. The summed E-state index contributed by atoms with van der Waals surface area (Å²) in [5.74, 6) is -1.34. The molecular weight excluding hydrogens is 361 g/mol. The van der Waals surface area contributed by atoms with Gasteiger partial charge < -0.3 is 10.2 Å². The Balaban J connectivity index is 1.60. The third-order valence-electron chi connectivity index (χ3n) is 4.45. The van der Waals surface area contributed by atoms with E-state index in [0.29, 0.717) is 31.0 Å². The van der Waals surface area contributed by atoms with Gasteiger partial charge in [-0.05, 0) is 43.2 Å². The van der Waals surface area contributed by atoms with Crippen molar-refractivity contribution in [1.29, 1.82) is 0 Å². The van der Waals surface area contributed by atoms with Crippen LogP contribution in [0.2, 0.25) is 5.02 Å². The fourth-order valence-corrected chi connectivity index (χ4v) is 3.23. The van der Waals surface area contributed by atoms with Crippen LogP contribution in [0, 0.1) is 21.8 Å². The molecule has 136 valence electrons. The highest BCUT2D eigenvalue weighted by Gasteiger charge is 2.26. The average molecular weight is 378 g/mol. The quantitative estimate of drug-likeness (QED) is 0.638. The number of carbonyl (C=O) groups is 1. The molecule has 26 heavy (non-hydrogen) atoms. The molecule has 0 atom stereocenters. The second-order valence-electron chi connectivity index (χ2n) is 6.15. The largest absolute Gasteiger partial charge is 0.371 e. The maximum Gasteiger partial charge on any atom is 0.306 e. The summed E-state index contributed by atoms with van der Waals surface area (Å²) >= 11 is 6.01. The van der Waals surface area contributed by atoms with Crippen LogP contribution in [-0.4, -0.2) is 23.9 Å². The molecule has 1 aliphatic rings. The average Bonchev–Trinajstić information content (AvgIpc) is 2.63. The summed E-state index contributed by atoms with van der Waals surface area (Å²) in [4.78, 5) is 24.6. The molecule has 2 aromatic rings. The molecule has 0 spiro atoms. The standard InChI is InChI=1S/C18H17ClFN3O3/c19-13-2-1-3-15(10-13)22-8-6-12(7-9-22)18(24)21-14-4-5-16(20)17(11-14)23(25)26/h1-5,10-12H,6-9H2,(H,21,24). The van der Waals surface area contributed by atoms with Crippen LogP contribution < -0.4 is 10.2 Å². The van der Waals surface area contributed by atoms with Gasteiger partial charge in [0.2, 0.25) is 11.7 Å². The fourth-order valence-electron chi connectivity index (χ4n) is 3.05. The number of benzene rings is 2. The van der Waals surface area contributed by atoms with Gasteiger partial charge in [-0.3, -0.25) is 14.9 Å². The van der Waals surface area contributed by atoms with Crippen molar-refractivity contribution in [3.8, 4) is 0 Å². The number of piperidine rings is 1. The summed E-state index contributed by atoms with van der Waals surface area (Å²) in [6.07, 6.45) is 1.31. The Morgan fingerprint density at radius 1 is 1.23 bits per heavy atom. The molecule has 1 heterocycles. The Bertz CT molecular complexity index is 838. The third kappa shape index (κ3) is 4.11. The number of halogens is 2. The lowest BCUT2D eigenvalue weighted by Crippen LogP contribution is -2.38. The fraction of sp³-hybridized carbons (Fsp3) is 0.278. The maximum absolute atomic E-state index is 13.4. The van der Waals surface area contributed by atoms with Crippen molar-refractivity contribution >= 4 is 34.6 Å². The van der Waals surface area contributed by atoms with E-state index < -0.39 is 16.4 Å². The van der Waals surface area contributed by atoms with Gasteiger partial charge in [0.25, 0.3) is 0 Å². The van der Waals surface area contributed by atoms with E-state index in [-0.39, 0.29) is 17.5 Å². The molecule has 0 aliphatic carbocycles. The lowest BCUT2D eigenvalue weighted by molar-refractivity contribution is -0.387. The van der Waals surface area contributed by atoms with E-state index >= 15 is 0 Å². The monoisotopic (exact) mass is 377 g/mol. The predicted molar refractivity (Wildman–Crippen MR) is 98.1 cm³/mol. The van der Waals surface area contributed by atoms with E-state index in [4.69, 9.17) is 11.6 Å². The summed E-state index contributed by atoms with van der Waals surface area (Å²) in [5.41, 5.74) is 0.587. The number of rotatable bonds is 4. The molecule has 0 unspecified atom stereocenters. The Kier molecular flexibility index (Phi) is 5.37. The molecule has 6 nitrogen and oxygen atoms in total. The highest BCUT2D eigenvalue weighted by atomic mass is 35.5. The van der Waals surface area contributed by atoms with E-state index in [1.807, 2.05) is 24.3 Å². The van der Waals surface area contributed by atoms with Gasteiger partial charge in [0, 0.05) is 41.5 Å². The molecule has 8 heteroatoms. The topological polar surface area (TPSA) is 75.5 Å². The van der Waals surface area contributed by atoms with E-state index in [9.17, 15) is 19.3 Å². The number of amides is 1. The number of hydrogen-bond donors (Lipinski definition) is 1. The lowest BCUT2D eigenvalue weighted by atomic mass is 9.95. The molecule has 0 aromatic heterocycles. The summed E-state index contributed by atoms with van der Waals surface area (Å²) in [7, 11) is 0. The maximum atomic E-state index is 13.4. The molecule has 1 N–H and O–H groups in total. The molecule has 0 saturated carbocycles. The van der Waals surface area contributed by atoms with Gasteiger partial charge in [-0.1, -0.05) is 17.7 Å². The minimum atomic E-state index is -0.928. The van der Waals surface area contributed by atoms with Crippen molar-refractivity contribution in [2.24, 2.45) is 5.92 Å². The number of carbonyl (C=O) groups excluding carboxylic acids is 1. The zero-order chi connectivity index (χ0) is 18.7. The molecule has 3 rings (SSSR count). The number of nitrogens with zero attached hydrogens (tertiary/aromatic N) is 2. The first-order chi connectivity index (χ1) is 12.4. The summed E-state index contributed by atoms with van der Waals surface area (Å²) < 4.78 is 13.4. The highest BCUT2D eigenvalue weighted by molar-refractivity contribution is 6.30. The van der Waals surface area contributed by atoms with Crippen LogP contribution in [0.5, 0.6) is 0 Å². The van der Waals surface area contributed by atoms with E-state index in [1.54, 1.807) is 0 Å². The number of hydrogen-bond acceptors (Lipinski definition) is 4. The van der Waals surface area contributed by atoms with Crippen LogP contribution >= 0.6 is 11.6 Å². The van der Waals surface area contributed by atoms with Gasteiger partial charge in [0.15, 0.2) is 0 Å². The lowest BCUT2D eigenvalue weighted by Gasteiger charge is -2.33. The second kappa shape index (κ2) is 7.70. The van der Waals surface area contributed by atoms with Crippen molar-refractivity contribution in [2.75, 3.05) is 23.3 Å². The highest BCUT2D eigenvalue weighted by Crippen LogP contribution is 2.27. The van der Waals surface area contributed by atoms with Crippen molar-refractivity contribution in [1.82, 2.24) is 0 Å². The zero-order valence-corrected chi connectivity index (χ0v) is 14.6. The van der Waals surface area contributed by atoms with Crippen LogP contribution in [0.1, 0.15) is 12.8 Å². The Hall–Kier alpha value is -2.67. The van der Waals surface area contributed by atoms with Gasteiger partial charge in [0.05, 0.1) is 4.92 Å². The van der Waals surface area contributed by atoms with E-state index in [2.05, 4.69) is 10.2 Å². The molecule has 0 bridgehead atoms. The van der Waals surface area contributed by atoms with Gasteiger partial charge in [-0.25, -0.2) is 0 Å². The summed E-state index contributed by atoms with van der Waals surface area (Å²) in [5, 5.41) is 14.1. The van der Waals surface area contributed by atoms with Gasteiger partial charge in [-0.15, -0.1) is 0 Å². The number of anilines is 2. The molecule has 1 fully saturated rings. The Labute approximate surface area is 154 Å². The molecule has 1 saturated heterocycles. The molecule has 1 aliphatic heterocycles. The first-order valence-corrected chi connectivity index (χ1v) is 8.57. The van der Waals surface area contributed by atoms with Crippen molar-refractivity contribution in [3.63, 3.8) is 0 Å². The van der Waals surface area contributed by atoms with Crippen molar-refractivity contribution in [3.05, 3.63) is 63.4 Å². The Morgan fingerprint density at radius 2 is 1.96 bits per heavy atom. The van der Waals surface area contributed by atoms with Gasteiger partial charge >= 0.3 is 5.69 Å². The smallest absolute Gasteiger partial charge is 0.306 e. The molecule has 0 radical (unpaired) electrons. The van der Waals surface area contributed by atoms with Crippen LogP contribution in [0.25, 0.3) is 0 Å². The van der Waals surface area contributed by atoms with Crippen LogP contribution in [0.4, 0.5) is 21.5 Å². The SMILES string of the molecule is O=C(Nc1ccc(F)c([N+](=O)[O-])c1)C1CCN(c2cccc(Cl)c2)CC1. The predicted octanol–water partition coefficient (Wildman–Crippen LogP) is 4.24. The van der Waals surface area contributed by atoms with Gasteiger partial charge in [-0.2, -0.15) is 4.39 Å². The normalized spacial score (nSPS) is 14.9. The molecule has 1 amide bonds. The summed E-state index contributed by atoms with van der Waals surface area (Å²) in [6, 6.07) is 10.9. The van der Waals surface area contributed by atoms with E-state index in [1.165, 1.54) is 6.07 Å². The van der Waals surface area contributed by atoms with Crippen molar-refractivity contribution < 1.29 is 14.1 Å². The van der Waals surface area contributed by atoms with Crippen molar-refractivity contribution in [2.45, 2.75) is 12.8 Å². The van der Waals surface area contributed by atoms with E-state index in [0.717, 1.165) is 17.8 Å². The van der Waals surface area contributed by atoms with Crippen LogP contribution in [0.15, 0.2) is 42.5 Å². The van der Waals surface area contributed by atoms with Crippen LogP contribution in [-0.2, 0) is 4.79 Å². The first-order valence-electron chi connectivity index (χ1n) is 8.19. The molecular formula is C18H17ClFN3O3. The van der Waals surface area contributed by atoms with Gasteiger partial charge in [0.1, 0.15) is 0 Å². The molecule has 2 aromatic carbocycles. The third-order valence-corrected chi connectivity index (χ3v) is 4.68. The minimum Gasteiger partial charge on any atom is -0.371 e. The summed E-state index contributed by atoms with van der Waals surface area (Å²) in [6.45, 7) is 1.42. The van der Waals surface area contributed by atoms with Crippen LogP contribution in [0.3, 0.4) is 0 Å².